The lowest BCUT2D eigenvalue weighted by Gasteiger charge is -2.19. The van der Waals surface area contributed by atoms with E-state index in [0.717, 1.165) is 41.0 Å². The van der Waals surface area contributed by atoms with Crippen LogP contribution in [0.1, 0.15) is 25.8 Å². The monoisotopic (exact) mass is 345 g/mol. The Balaban J connectivity index is 2.84. The van der Waals surface area contributed by atoms with Crippen molar-refractivity contribution in [3.8, 4) is 11.5 Å². The predicted molar refractivity (Wildman–Crippen MR) is 84.7 cm³/mol. The Hall–Kier alpha value is -0.780. The van der Waals surface area contributed by atoms with Gasteiger partial charge in [-0.1, -0.05) is 6.92 Å². The molecular formula is C15H24BrNO3. The van der Waals surface area contributed by atoms with Gasteiger partial charge in [-0.2, -0.15) is 0 Å². The van der Waals surface area contributed by atoms with Crippen LogP contribution < -0.4 is 14.8 Å². The number of rotatable bonds is 9. The Morgan fingerprint density at radius 2 is 2.05 bits per heavy atom. The number of methoxy groups -OCH3 is 2. The largest absolute Gasteiger partial charge is 0.493 e. The Bertz CT molecular complexity index is 412. The van der Waals surface area contributed by atoms with Crippen LogP contribution in [0.2, 0.25) is 0 Å². The van der Waals surface area contributed by atoms with Gasteiger partial charge in [0.15, 0.2) is 11.5 Å². The van der Waals surface area contributed by atoms with Crippen molar-refractivity contribution in [2.24, 2.45) is 0 Å². The first-order chi connectivity index (χ1) is 9.62. The van der Waals surface area contributed by atoms with E-state index >= 15 is 0 Å². The predicted octanol–water partition coefficient (Wildman–Crippen LogP) is 3.37. The van der Waals surface area contributed by atoms with E-state index in [9.17, 15) is 0 Å². The van der Waals surface area contributed by atoms with Gasteiger partial charge >= 0.3 is 0 Å². The first-order valence-corrected chi connectivity index (χ1v) is 7.64. The summed E-state index contributed by atoms with van der Waals surface area (Å²) in [5.41, 5.74) is 1.16. The van der Waals surface area contributed by atoms with Crippen LogP contribution in [0.25, 0.3) is 0 Å². The molecule has 0 saturated carbocycles. The van der Waals surface area contributed by atoms with Gasteiger partial charge in [-0.15, -0.1) is 0 Å². The molecule has 5 heteroatoms. The number of hydrogen-bond donors (Lipinski definition) is 1. The summed E-state index contributed by atoms with van der Waals surface area (Å²) in [5.74, 6) is 1.49. The standard InChI is InChI=1S/C15H24BrNO3/c1-5-17-10-12-8-13(16)15(14(9-12)19-4)20-11(2)6-7-18-3/h8-9,11,17H,5-7,10H2,1-4H3. The molecule has 1 N–H and O–H groups in total. The Morgan fingerprint density at radius 1 is 1.30 bits per heavy atom. The van der Waals surface area contributed by atoms with Gasteiger partial charge in [-0.3, -0.25) is 0 Å². The zero-order chi connectivity index (χ0) is 15.0. The molecule has 0 amide bonds. The van der Waals surface area contributed by atoms with Gasteiger partial charge in [0.25, 0.3) is 0 Å². The fourth-order valence-corrected chi connectivity index (χ4v) is 2.39. The number of hydrogen-bond acceptors (Lipinski definition) is 4. The van der Waals surface area contributed by atoms with E-state index in [2.05, 4.69) is 34.2 Å². The second kappa shape index (κ2) is 9.21. The molecule has 1 aromatic rings. The molecule has 1 unspecified atom stereocenters. The lowest BCUT2D eigenvalue weighted by atomic mass is 10.2. The second-order valence-corrected chi connectivity index (χ2v) is 5.45. The van der Waals surface area contributed by atoms with Crippen molar-refractivity contribution >= 4 is 15.9 Å². The summed E-state index contributed by atoms with van der Waals surface area (Å²) in [6.07, 6.45) is 0.908. The van der Waals surface area contributed by atoms with Gasteiger partial charge in [0.2, 0.25) is 0 Å². The number of benzene rings is 1. The minimum atomic E-state index is 0.0692. The summed E-state index contributed by atoms with van der Waals surface area (Å²) in [4.78, 5) is 0. The van der Waals surface area contributed by atoms with E-state index in [4.69, 9.17) is 14.2 Å². The summed E-state index contributed by atoms with van der Waals surface area (Å²) >= 11 is 3.56. The summed E-state index contributed by atoms with van der Waals surface area (Å²) in [6.45, 7) is 6.54. The maximum atomic E-state index is 5.96. The second-order valence-electron chi connectivity index (χ2n) is 4.60. The molecule has 1 rings (SSSR count). The van der Waals surface area contributed by atoms with E-state index in [0.29, 0.717) is 6.61 Å². The Labute approximate surface area is 129 Å². The molecule has 0 fully saturated rings. The fourth-order valence-electron chi connectivity index (χ4n) is 1.80. The molecule has 0 aliphatic carbocycles. The number of halogens is 1. The van der Waals surface area contributed by atoms with Crippen molar-refractivity contribution < 1.29 is 14.2 Å². The molecule has 0 spiro atoms. The van der Waals surface area contributed by atoms with Gasteiger partial charge in [-0.05, 0) is 47.1 Å². The van der Waals surface area contributed by atoms with Crippen molar-refractivity contribution in [3.63, 3.8) is 0 Å². The third-order valence-electron chi connectivity index (χ3n) is 2.92. The van der Waals surface area contributed by atoms with Crippen LogP contribution in [0.3, 0.4) is 0 Å². The molecule has 0 aromatic heterocycles. The van der Waals surface area contributed by atoms with Crippen molar-refractivity contribution in [3.05, 3.63) is 22.2 Å². The Kier molecular flexibility index (Phi) is 7.95. The van der Waals surface area contributed by atoms with E-state index in [1.807, 2.05) is 13.0 Å². The maximum absolute atomic E-state index is 5.96. The molecular weight excluding hydrogens is 322 g/mol. The highest BCUT2D eigenvalue weighted by atomic mass is 79.9. The molecule has 0 bridgehead atoms. The number of nitrogens with one attached hydrogen (secondary N) is 1. The zero-order valence-electron chi connectivity index (χ0n) is 12.7. The topological polar surface area (TPSA) is 39.7 Å². The van der Waals surface area contributed by atoms with E-state index in [1.54, 1.807) is 14.2 Å². The summed E-state index contributed by atoms with van der Waals surface area (Å²) in [7, 11) is 3.35. The van der Waals surface area contributed by atoms with Crippen molar-refractivity contribution in [2.75, 3.05) is 27.4 Å². The van der Waals surface area contributed by atoms with Gasteiger partial charge in [0.1, 0.15) is 0 Å². The maximum Gasteiger partial charge on any atom is 0.175 e. The third-order valence-corrected chi connectivity index (χ3v) is 3.50. The SMILES string of the molecule is CCNCc1cc(Br)c(OC(C)CCOC)c(OC)c1. The number of ether oxygens (including phenoxy) is 3. The van der Waals surface area contributed by atoms with Gasteiger partial charge in [0.05, 0.1) is 17.7 Å². The van der Waals surface area contributed by atoms with Gasteiger partial charge in [0, 0.05) is 26.7 Å². The summed E-state index contributed by atoms with van der Waals surface area (Å²) in [5, 5.41) is 3.30. The molecule has 0 radical (unpaired) electrons. The average molecular weight is 346 g/mol. The molecule has 0 heterocycles. The molecule has 0 aliphatic rings. The van der Waals surface area contributed by atoms with Crippen molar-refractivity contribution in [1.29, 1.82) is 0 Å². The minimum Gasteiger partial charge on any atom is -0.493 e. The lowest BCUT2D eigenvalue weighted by molar-refractivity contribution is 0.132. The fraction of sp³-hybridized carbons (Fsp3) is 0.600. The highest BCUT2D eigenvalue weighted by Gasteiger charge is 2.14. The molecule has 1 aromatic carbocycles. The molecule has 114 valence electrons. The normalized spacial score (nSPS) is 12.2. The molecule has 20 heavy (non-hydrogen) atoms. The van der Waals surface area contributed by atoms with Crippen LogP contribution in [-0.2, 0) is 11.3 Å². The summed E-state index contributed by atoms with van der Waals surface area (Å²) < 4.78 is 17.4. The third kappa shape index (κ3) is 5.31. The van der Waals surface area contributed by atoms with Crippen LogP contribution in [0.5, 0.6) is 11.5 Å². The molecule has 1 atom stereocenters. The van der Waals surface area contributed by atoms with Crippen LogP contribution in [0.15, 0.2) is 16.6 Å². The highest BCUT2D eigenvalue weighted by Crippen LogP contribution is 2.37. The molecule has 0 saturated heterocycles. The van der Waals surface area contributed by atoms with E-state index in [1.165, 1.54) is 0 Å². The van der Waals surface area contributed by atoms with Crippen LogP contribution >= 0.6 is 15.9 Å². The van der Waals surface area contributed by atoms with Crippen molar-refractivity contribution in [1.82, 2.24) is 5.32 Å². The molecule has 4 nitrogen and oxygen atoms in total. The quantitative estimate of drug-likeness (QED) is 0.744. The van der Waals surface area contributed by atoms with Gasteiger partial charge in [-0.25, -0.2) is 0 Å². The van der Waals surface area contributed by atoms with Crippen LogP contribution in [-0.4, -0.2) is 33.5 Å². The summed E-state index contributed by atoms with van der Waals surface area (Å²) in [6, 6.07) is 4.06. The lowest BCUT2D eigenvalue weighted by Crippen LogP contribution is -2.16. The van der Waals surface area contributed by atoms with Crippen LogP contribution in [0.4, 0.5) is 0 Å². The first kappa shape index (κ1) is 17.3. The van der Waals surface area contributed by atoms with E-state index < -0.39 is 0 Å². The van der Waals surface area contributed by atoms with Crippen molar-refractivity contribution in [2.45, 2.75) is 32.9 Å². The highest BCUT2D eigenvalue weighted by molar-refractivity contribution is 9.10. The molecule has 0 aliphatic heterocycles. The van der Waals surface area contributed by atoms with Gasteiger partial charge < -0.3 is 19.5 Å². The average Bonchev–Trinajstić information content (AvgIpc) is 2.45. The van der Waals surface area contributed by atoms with Crippen LogP contribution in [0, 0.1) is 0 Å². The minimum absolute atomic E-state index is 0.0692. The Morgan fingerprint density at radius 3 is 2.65 bits per heavy atom. The van der Waals surface area contributed by atoms with E-state index in [-0.39, 0.29) is 6.10 Å². The smallest absolute Gasteiger partial charge is 0.175 e. The zero-order valence-corrected chi connectivity index (χ0v) is 14.2. The first-order valence-electron chi connectivity index (χ1n) is 6.85.